The summed E-state index contributed by atoms with van der Waals surface area (Å²) in [5, 5.41) is 4.89. The van der Waals surface area contributed by atoms with Gasteiger partial charge in [-0.3, -0.25) is 4.90 Å². The van der Waals surface area contributed by atoms with E-state index in [2.05, 4.69) is 40.7 Å². The van der Waals surface area contributed by atoms with Crippen LogP contribution in [-0.4, -0.2) is 27.1 Å². The Hall–Kier alpha value is -0.720. The molecule has 14 heavy (non-hydrogen) atoms. The number of anilines is 1. The van der Waals surface area contributed by atoms with Crippen molar-refractivity contribution < 1.29 is 0 Å². The average molecular weight is 215 g/mol. The van der Waals surface area contributed by atoms with Crippen molar-refractivity contribution in [2.75, 3.05) is 12.0 Å². The van der Waals surface area contributed by atoms with Gasteiger partial charge in [-0.2, -0.15) is 0 Å². The topological polar surface area (TPSA) is 67.1 Å². The van der Waals surface area contributed by atoms with E-state index in [0.717, 1.165) is 23.8 Å². The molecule has 0 aliphatic heterocycles. The lowest BCUT2D eigenvalue weighted by Gasteiger charge is -2.23. The van der Waals surface area contributed by atoms with Crippen LogP contribution >= 0.6 is 11.5 Å². The van der Waals surface area contributed by atoms with Crippen LogP contribution in [0.2, 0.25) is 0 Å². The van der Waals surface area contributed by atoms with Crippen LogP contribution in [0.1, 0.15) is 26.5 Å². The minimum atomic E-state index is 0.507. The summed E-state index contributed by atoms with van der Waals surface area (Å²) in [7, 11) is 0. The van der Waals surface area contributed by atoms with E-state index in [-0.39, 0.29) is 0 Å². The fourth-order valence-electron chi connectivity index (χ4n) is 1.27. The van der Waals surface area contributed by atoms with Gasteiger partial charge in [0.2, 0.25) is 0 Å². The highest BCUT2D eigenvalue weighted by Crippen LogP contribution is 2.18. The summed E-state index contributed by atoms with van der Waals surface area (Å²) < 4.78 is 3.86. The maximum absolute atomic E-state index is 5.35. The third kappa shape index (κ3) is 2.63. The van der Waals surface area contributed by atoms with E-state index in [9.17, 15) is 0 Å². The minimum absolute atomic E-state index is 0.507. The molecular formula is C8H17N5S. The first-order valence-electron chi connectivity index (χ1n) is 4.70. The van der Waals surface area contributed by atoms with Crippen LogP contribution in [0, 0.1) is 0 Å². The highest BCUT2D eigenvalue weighted by atomic mass is 32.1. The third-order valence-corrected chi connectivity index (χ3v) is 2.88. The molecule has 0 atom stereocenters. The lowest BCUT2D eigenvalue weighted by Crippen LogP contribution is -2.30. The van der Waals surface area contributed by atoms with Gasteiger partial charge in [0.05, 0.1) is 0 Å². The number of nitrogens with one attached hydrogen (secondary N) is 1. The first-order valence-corrected chi connectivity index (χ1v) is 5.48. The van der Waals surface area contributed by atoms with E-state index in [4.69, 9.17) is 5.84 Å². The van der Waals surface area contributed by atoms with Crippen LogP contribution < -0.4 is 11.3 Å². The molecule has 0 fully saturated rings. The van der Waals surface area contributed by atoms with Crippen LogP contribution in [0.25, 0.3) is 0 Å². The van der Waals surface area contributed by atoms with Crippen molar-refractivity contribution in [1.29, 1.82) is 0 Å². The zero-order valence-corrected chi connectivity index (χ0v) is 9.64. The summed E-state index contributed by atoms with van der Waals surface area (Å²) in [5.41, 5.74) is 3.53. The summed E-state index contributed by atoms with van der Waals surface area (Å²) in [4.78, 5) is 2.30. The molecule has 80 valence electrons. The predicted octanol–water partition coefficient (Wildman–Crippen LogP) is 1.05. The quantitative estimate of drug-likeness (QED) is 0.568. The van der Waals surface area contributed by atoms with Gasteiger partial charge in [0.15, 0.2) is 0 Å². The average Bonchev–Trinajstić information content (AvgIpc) is 2.60. The summed E-state index contributed by atoms with van der Waals surface area (Å²) in [5.74, 6) is 5.35. The Labute approximate surface area is 88.4 Å². The molecule has 0 radical (unpaired) electrons. The number of hydrazine groups is 1. The molecule has 0 unspecified atom stereocenters. The van der Waals surface area contributed by atoms with Gasteiger partial charge in [0.1, 0.15) is 10.7 Å². The number of aromatic nitrogens is 2. The highest BCUT2D eigenvalue weighted by molar-refractivity contribution is 7.10. The second-order valence-electron chi connectivity index (χ2n) is 3.35. The number of hydrogen-bond acceptors (Lipinski definition) is 6. The fraction of sp³-hybridized carbons (Fsp3) is 0.750. The Balaban J connectivity index is 2.66. The highest BCUT2D eigenvalue weighted by Gasteiger charge is 2.13. The summed E-state index contributed by atoms with van der Waals surface area (Å²) in [6.07, 6.45) is 0. The smallest absolute Gasteiger partial charge is 0.148 e. The molecule has 0 aromatic carbocycles. The third-order valence-electron chi connectivity index (χ3n) is 2.18. The van der Waals surface area contributed by atoms with Crippen LogP contribution in [0.5, 0.6) is 0 Å². The zero-order valence-electron chi connectivity index (χ0n) is 8.82. The molecule has 0 saturated carbocycles. The molecule has 3 N–H and O–H groups in total. The number of nitrogens with zero attached hydrogens (tertiary/aromatic N) is 3. The Morgan fingerprint density at radius 1 is 1.57 bits per heavy atom. The second kappa shape index (κ2) is 5.23. The second-order valence-corrected chi connectivity index (χ2v) is 4.10. The van der Waals surface area contributed by atoms with E-state index in [0.29, 0.717) is 6.04 Å². The molecule has 1 aromatic heterocycles. The monoisotopic (exact) mass is 215 g/mol. The first kappa shape index (κ1) is 11.4. The van der Waals surface area contributed by atoms with Crippen molar-refractivity contribution in [2.24, 2.45) is 5.84 Å². The van der Waals surface area contributed by atoms with Gasteiger partial charge in [-0.1, -0.05) is 11.4 Å². The van der Waals surface area contributed by atoms with E-state index in [1.807, 2.05) is 0 Å². The van der Waals surface area contributed by atoms with Crippen LogP contribution in [0.15, 0.2) is 0 Å². The number of nitrogen functional groups attached to an aromatic ring is 1. The van der Waals surface area contributed by atoms with Gasteiger partial charge >= 0.3 is 0 Å². The molecule has 5 nitrogen and oxygen atoms in total. The molecule has 0 aliphatic rings. The molecule has 1 aromatic rings. The minimum Gasteiger partial charge on any atom is -0.313 e. The molecule has 1 rings (SSSR count). The lowest BCUT2D eigenvalue weighted by molar-refractivity contribution is 0.222. The Morgan fingerprint density at radius 2 is 2.29 bits per heavy atom. The Kier molecular flexibility index (Phi) is 4.24. The van der Waals surface area contributed by atoms with Crippen LogP contribution in [0.4, 0.5) is 5.00 Å². The van der Waals surface area contributed by atoms with E-state index < -0.39 is 0 Å². The number of hydrogen-bond donors (Lipinski definition) is 2. The van der Waals surface area contributed by atoms with Gasteiger partial charge in [-0.15, -0.1) is 5.10 Å². The van der Waals surface area contributed by atoms with E-state index in [1.165, 1.54) is 11.5 Å². The summed E-state index contributed by atoms with van der Waals surface area (Å²) in [6.45, 7) is 8.26. The van der Waals surface area contributed by atoms with Gasteiger partial charge in [0, 0.05) is 24.1 Å². The SMILES string of the molecule is CCN(Cc1nnsc1NN)C(C)C. The number of rotatable bonds is 5. The molecule has 0 amide bonds. The van der Waals surface area contributed by atoms with E-state index >= 15 is 0 Å². The molecule has 0 aliphatic carbocycles. The van der Waals surface area contributed by atoms with Crippen LogP contribution in [0.3, 0.4) is 0 Å². The van der Waals surface area contributed by atoms with Crippen LogP contribution in [-0.2, 0) is 6.54 Å². The van der Waals surface area contributed by atoms with Crippen molar-refractivity contribution >= 4 is 16.5 Å². The van der Waals surface area contributed by atoms with Crippen molar-refractivity contribution in [3.8, 4) is 0 Å². The molecule has 0 saturated heterocycles. The number of nitrogens with two attached hydrogens (primary N) is 1. The van der Waals surface area contributed by atoms with Gasteiger partial charge < -0.3 is 5.43 Å². The standard InChI is InChI=1S/C8H17N5S/c1-4-13(6(2)3)5-7-8(10-9)14-12-11-7/h6,10H,4-5,9H2,1-3H3. The Bertz CT molecular complexity index is 272. The molecule has 6 heteroatoms. The molecule has 1 heterocycles. The molecular weight excluding hydrogens is 198 g/mol. The first-order chi connectivity index (χ1) is 6.69. The van der Waals surface area contributed by atoms with Gasteiger partial charge in [0.25, 0.3) is 0 Å². The summed E-state index contributed by atoms with van der Waals surface area (Å²) in [6, 6.07) is 0.507. The molecule has 0 spiro atoms. The van der Waals surface area contributed by atoms with Crippen molar-refractivity contribution in [3.05, 3.63) is 5.69 Å². The van der Waals surface area contributed by atoms with Crippen molar-refractivity contribution in [3.63, 3.8) is 0 Å². The molecule has 0 bridgehead atoms. The largest absolute Gasteiger partial charge is 0.313 e. The summed E-state index contributed by atoms with van der Waals surface area (Å²) >= 11 is 1.29. The van der Waals surface area contributed by atoms with E-state index in [1.54, 1.807) is 0 Å². The zero-order chi connectivity index (χ0) is 10.6. The van der Waals surface area contributed by atoms with Crippen molar-refractivity contribution in [1.82, 2.24) is 14.5 Å². The predicted molar refractivity (Wildman–Crippen MR) is 58.9 cm³/mol. The maximum atomic E-state index is 5.35. The maximum Gasteiger partial charge on any atom is 0.148 e. The lowest BCUT2D eigenvalue weighted by atomic mass is 10.3. The van der Waals surface area contributed by atoms with Gasteiger partial charge in [-0.25, -0.2) is 5.84 Å². The van der Waals surface area contributed by atoms with Crippen molar-refractivity contribution in [2.45, 2.75) is 33.4 Å². The van der Waals surface area contributed by atoms with Gasteiger partial charge in [-0.05, 0) is 20.4 Å². The normalized spacial score (nSPS) is 11.3. The fourth-order valence-corrected chi connectivity index (χ4v) is 1.76. The Morgan fingerprint density at radius 3 is 2.79 bits per heavy atom.